The zero-order valence-corrected chi connectivity index (χ0v) is 13.8. The number of nitrogens with two attached hydrogens (primary N) is 1. The number of ether oxygens (including phenoxy) is 1. The van der Waals surface area contributed by atoms with E-state index < -0.39 is 0 Å². The fourth-order valence-electron chi connectivity index (χ4n) is 3.16. The number of aromatic nitrogens is 2. The number of benzene rings is 1. The summed E-state index contributed by atoms with van der Waals surface area (Å²) in [4.78, 5) is 11.7. The van der Waals surface area contributed by atoms with Gasteiger partial charge in [0.2, 0.25) is 0 Å². The normalized spacial score (nSPS) is 15.9. The second-order valence-electron chi connectivity index (χ2n) is 5.83. The van der Waals surface area contributed by atoms with E-state index in [4.69, 9.17) is 22.1 Å². The Bertz CT molecular complexity index is 722. The van der Waals surface area contributed by atoms with Gasteiger partial charge in [0.15, 0.2) is 0 Å². The number of nitrogens with zero attached hydrogens (tertiary/aromatic N) is 2. The van der Waals surface area contributed by atoms with E-state index in [9.17, 15) is 4.79 Å². The van der Waals surface area contributed by atoms with Crippen molar-refractivity contribution >= 4 is 23.4 Å². The summed E-state index contributed by atoms with van der Waals surface area (Å²) in [5.41, 5.74) is 7.79. The van der Waals surface area contributed by atoms with E-state index in [-0.39, 0.29) is 17.9 Å². The van der Waals surface area contributed by atoms with Gasteiger partial charge in [0.05, 0.1) is 12.3 Å². The van der Waals surface area contributed by atoms with Crippen LogP contribution >= 0.6 is 11.6 Å². The molecular weight excluding hydrogens is 314 g/mol. The molecule has 0 aliphatic heterocycles. The first-order valence-corrected chi connectivity index (χ1v) is 8.19. The van der Waals surface area contributed by atoms with Gasteiger partial charge < -0.3 is 10.5 Å². The SMILES string of the molecule is CCOC(=O)Cn1nc(C2(c3ccccc3Cl)CCC2)cc1N. The van der Waals surface area contributed by atoms with Crippen LogP contribution in [0.3, 0.4) is 0 Å². The van der Waals surface area contributed by atoms with Crippen LogP contribution in [0.2, 0.25) is 5.02 Å². The van der Waals surface area contributed by atoms with E-state index in [0.717, 1.165) is 35.5 Å². The Labute approximate surface area is 140 Å². The van der Waals surface area contributed by atoms with Crippen LogP contribution in [-0.4, -0.2) is 22.4 Å². The maximum absolute atomic E-state index is 11.7. The maximum Gasteiger partial charge on any atom is 0.327 e. The molecule has 3 rings (SSSR count). The summed E-state index contributed by atoms with van der Waals surface area (Å²) >= 11 is 6.40. The van der Waals surface area contributed by atoms with Crippen molar-refractivity contribution < 1.29 is 9.53 Å². The van der Waals surface area contributed by atoms with Crippen LogP contribution in [0.1, 0.15) is 37.4 Å². The summed E-state index contributed by atoms with van der Waals surface area (Å²) in [6.45, 7) is 2.14. The van der Waals surface area contributed by atoms with Crippen molar-refractivity contribution in [3.05, 3.63) is 46.6 Å². The summed E-state index contributed by atoms with van der Waals surface area (Å²) in [6, 6.07) is 9.70. The zero-order chi connectivity index (χ0) is 16.4. The fourth-order valence-corrected chi connectivity index (χ4v) is 3.48. The highest BCUT2D eigenvalue weighted by atomic mass is 35.5. The average molecular weight is 334 g/mol. The molecule has 2 N–H and O–H groups in total. The van der Waals surface area contributed by atoms with Crippen molar-refractivity contribution in [3.63, 3.8) is 0 Å². The van der Waals surface area contributed by atoms with Crippen molar-refractivity contribution in [2.45, 2.75) is 38.1 Å². The van der Waals surface area contributed by atoms with Crippen LogP contribution in [-0.2, 0) is 21.5 Å². The molecule has 0 radical (unpaired) electrons. The number of carbonyl (C=O) groups excluding carboxylic acids is 1. The molecule has 0 amide bonds. The molecule has 0 spiro atoms. The lowest BCUT2D eigenvalue weighted by Gasteiger charge is -2.41. The molecule has 1 aliphatic rings. The smallest absolute Gasteiger partial charge is 0.327 e. The van der Waals surface area contributed by atoms with Gasteiger partial charge in [-0.2, -0.15) is 5.10 Å². The molecule has 122 valence electrons. The van der Waals surface area contributed by atoms with Crippen LogP contribution in [0.5, 0.6) is 0 Å². The van der Waals surface area contributed by atoms with E-state index in [2.05, 4.69) is 5.10 Å². The zero-order valence-electron chi connectivity index (χ0n) is 13.1. The van der Waals surface area contributed by atoms with Crippen LogP contribution in [0.15, 0.2) is 30.3 Å². The van der Waals surface area contributed by atoms with Gasteiger partial charge in [-0.3, -0.25) is 4.79 Å². The summed E-state index contributed by atoms with van der Waals surface area (Å²) < 4.78 is 6.47. The highest BCUT2D eigenvalue weighted by molar-refractivity contribution is 6.31. The molecule has 0 bridgehead atoms. The third-order valence-electron chi connectivity index (χ3n) is 4.48. The predicted molar refractivity (Wildman–Crippen MR) is 89.4 cm³/mol. The molecule has 6 heteroatoms. The molecule has 2 aromatic rings. The minimum atomic E-state index is -0.339. The number of carbonyl (C=O) groups is 1. The third-order valence-corrected chi connectivity index (χ3v) is 4.81. The molecule has 0 unspecified atom stereocenters. The van der Waals surface area contributed by atoms with Gasteiger partial charge >= 0.3 is 5.97 Å². The molecule has 23 heavy (non-hydrogen) atoms. The molecular formula is C17H20ClN3O2. The molecule has 5 nitrogen and oxygen atoms in total. The Morgan fingerprint density at radius 1 is 1.43 bits per heavy atom. The first-order valence-electron chi connectivity index (χ1n) is 7.81. The van der Waals surface area contributed by atoms with Crippen LogP contribution < -0.4 is 5.73 Å². The number of hydrogen-bond acceptors (Lipinski definition) is 4. The number of nitrogen functional groups attached to an aromatic ring is 1. The highest BCUT2D eigenvalue weighted by Gasteiger charge is 2.44. The van der Waals surface area contributed by atoms with Crippen LogP contribution in [0.4, 0.5) is 5.82 Å². The van der Waals surface area contributed by atoms with Crippen LogP contribution in [0, 0.1) is 0 Å². The van der Waals surface area contributed by atoms with Gasteiger partial charge in [-0.05, 0) is 31.4 Å². The monoisotopic (exact) mass is 333 g/mol. The standard InChI is InChI=1S/C17H20ClN3O2/c1-2-23-16(22)11-21-15(19)10-14(20-21)17(8-5-9-17)12-6-3-4-7-13(12)18/h3-4,6-7,10H,2,5,8-9,11,19H2,1H3. The van der Waals surface area contributed by atoms with Crippen LogP contribution in [0.25, 0.3) is 0 Å². The number of esters is 1. The van der Waals surface area contributed by atoms with Gasteiger partial charge in [0, 0.05) is 16.5 Å². The first-order chi connectivity index (χ1) is 11.1. The fraction of sp³-hybridized carbons (Fsp3) is 0.412. The Hall–Kier alpha value is -2.01. The molecule has 0 saturated heterocycles. The molecule has 1 saturated carbocycles. The Morgan fingerprint density at radius 3 is 2.78 bits per heavy atom. The second kappa shape index (κ2) is 6.24. The minimum absolute atomic E-state index is 0.0261. The lowest BCUT2D eigenvalue weighted by molar-refractivity contribution is -0.144. The molecule has 1 aliphatic carbocycles. The average Bonchev–Trinajstić information content (AvgIpc) is 2.81. The number of anilines is 1. The maximum atomic E-state index is 11.7. The van der Waals surface area contributed by atoms with Gasteiger partial charge in [-0.25, -0.2) is 4.68 Å². The largest absolute Gasteiger partial charge is 0.465 e. The second-order valence-corrected chi connectivity index (χ2v) is 6.24. The summed E-state index contributed by atoms with van der Waals surface area (Å²) in [5.74, 6) is 0.126. The van der Waals surface area contributed by atoms with Crippen molar-refractivity contribution in [2.24, 2.45) is 0 Å². The predicted octanol–water partition coefficient (Wildman–Crippen LogP) is 3.15. The van der Waals surface area contributed by atoms with Crippen molar-refractivity contribution in [3.8, 4) is 0 Å². The van der Waals surface area contributed by atoms with E-state index >= 15 is 0 Å². The quantitative estimate of drug-likeness (QED) is 0.853. The lowest BCUT2D eigenvalue weighted by Crippen LogP contribution is -2.36. The van der Waals surface area contributed by atoms with Gasteiger partial charge in [-0.1, -0.05) is 36.2 Å². The summed E-state index contributed by atoms with van der Waals surface area (Å²) in [7, 11) is 0. The molecule has 1 aromatic carbocycles. The van der Waals surface area contributed by atoms with E-state index in [0.29, 0.717) is 12.4 Å². The van der Waals surface area contributed by atoms with Crippen molar-refractivity contribution in [1.29, 1.82) is 0 Å². The summed E-state index contributed by atoms with van der Waals surface area (Å²) in [5, 5.41) is 5.32. The molecule has 1 heterocycles. The highest BCUT2D eigenvalue weighted by Crippen LogP contribution is 2.50. The number of rotatable bonds is 5. The van der Waals surface area contributed by atoms with Gasteiger partial charge in [0.1, 0.15) is 12.4 Å². The number of halogens is 1. The molecule has 1 aromatic heterocycles. The number of hydrogen-bond donors (Lipinski definition) is 1. The molecule has 0 atom stereocenters. The van der Waals surface area contributed by atoms with Crippen molar-refractivity contribution in [2.75, 3.05) is 12.3 Å². The van der Waals surface area contributed by atoms with Gasteiger partial charge in [-0.15, -0.1) is 0 Å². The van der Waals surface area contributed by atoms with E-state index in [1.165, 1.54) is 4.68 Å². The Kier molecular flexibility index (Phi) is 4.31. The van der Waals surface area contributed by atoms with E-state index in [1.807, 2.05) is 30.3 Å². The molecule has 1 fully saturated rings. The first kappa shape index (κ1) is 15.9. The minimum Gasteiger partial charge on any atom is -0.465 e. The lowest BCUT2D eigenvalue weighted by atomic mass is 9.62. The topological polar surface area (TPSA) is 70.1 Å². The Balaban J connectivity index is 1.94. The summed E-state index contributed by atoms with van der Waals surface area (Å²) in [6.07, 6.45) is 3.08. The van der Waals surface area contributed by atoms with Gasteiger partial charge in [0.25, 0.3) is 0 Å². The van der Waals surface area contributed by atoms with E-state index in [1.54, 1.807) is 6.92 Å². The van der Waals surface area contributed by atoms with Crippen molar-refractivity contribution in [1.82, 2.24) is 9.78 Å². The Morgan fingerprint density at radius 2 is 2.17 bits per heavy atom. The third kappa shape index (κ3) is 2.81.